The second kappa shape index (κ2) is 6.29. The summed E-state index contributed by atoms with van der Waals surface area (Å²) in [6.07, 6.45) is -2.55. The van der Waals surface area contributed by atoms with Gasteiger partial charge >= 0.3 is 6.18 Å². The maximum atomic E-state index is 12.9. The van der Waals surface area contributed by atoms with Gasteiger partial charge in [-0.15, -0.1) is 5.10 Å². The van der Waals surface area contributed by atoms with Gasteiger partial charge in [-0.1, -0.05) is 24.3 Å². The van der Waals surface area contributed by atoms with Crippen LogP contribution < -0.4 is 0 Å². The molecular formula is C19H12F3N5. The Labute approximate surface area is 151 Å². The summed E-state index contributed by atoms with van der Waals surface area (Å²) in [7, 11) is 0. The molecule has 0 atom stereocenters. The zero-order valence-electron chi connectivity index (χ0n) is 13.8. The van der Waals surface area contributed by atoms with Gasteiger partial charge in [-0.25, -0.2) is 0 Å². The van der Waals surface area contributed by atoms with E-state index in [-0.39, 0.29) is 5.69 Å². The molecule has 0 amide bonds. The number of benzene rings is 2. The highest BCUT2D eigenvalue weighted by Gasteiger charge is 2.30. The zero-order valence-corrected chi connectivity index (χ0v) is 13.8. The molecule has 5 nitrogen and oxygen atoms in total. The lowest BCUT2D eigenvalue weighted by atomic mass is 10.1. The number of alkyl halides is 3. The molecule has 4 aromatic rings. The number of hydrogen-bond acceptors (Lipinski definition) is 3. The average Bonchev–Trinajstić information content (AvgIpc) is 3.28. The van der Waals surface area contributed by atoms with Crippen molar-refractivity contribution in [3.8, 4) is 17.3 Å². The van der Waals surface area contributed by atoms with Crippen molar-refractivity contribution in [2.24, 2.45) is 0 Å². The molecule has 2 aromatic carbocycles. The Morgan fingerprint density at radius 2 is 1.93 bits per heavy atom. The van der Waals surface area contributed by atoms with Gasteiger partial charge in [-0.2, -0.15) is 28.7 Å². The first kappa shape index (κ1) is 16.8. The SMILES string of the molecule is N#Cc1n[nH]nc1-c1ccc2ccn(Cc3cccc(C(F)(F)F)c3)c2c1. The highest BCUT2D eigenvalue weighted by atomic mass is 19.4. The number of nitrogens with zero attached hydrogens (tertiary/aromatic N) is 4. The van der Waals surface area contributed by atoms with Crippen LogP contribution in [0.3, 0.4) is 0 Å². The third kappa shape index (κ3) is 3.15. The van der Waals surface area contributed by atoms with Crippen molar-refractivity contribution in [1.82, 2.24) is 20.0 Å². The monoisotopic (exact) mass is 367 g/mol. The fraction of sp³-hybridized carbons (Fsp3) is 0.105. The van der Waals surface area contributed by atoms with E-state index in [0.29, 0.717) is 23.4 Å². The largest absolute Gasteiger partial charge is 0.416 e. The van der Waals surface area contributed by atoms with E-state index in [0.717, 1.165) is 23.0 Å². The summed E-state index contributed by atoms with van der Waals surface area (Å²) >= 11 is 0. The minimum Gasteiger partial charge on any atom is -0.343 e. The maximum Gasteiger partial charge on any atom is 0.416 e. The van der Waals surface area contributed by atoms with Crippen LogP contribution in [0.2, 0.25) is 0 Å². The predicted molar refractivity (Wildman–Crippen MR) is 92.6 cm³/mol. The molecule has 8 heteroatoms. The molecule has 0 aliphatic carbocycles. The third-order valence-electron chi connectivity index (χ3n) is 4.31. The Morgan fingerprint density at radius 1 is 1.07 bits per heavy atom. The molecular weight excluding hydrogens is 355 g/mol. The summed E-state index contributed by atoms with van der Waals surface area (Å²) in [5, 5.41) is 20.3. The second-order valence-electron chi connectivity index (χ2n) is 6.05. The van der Waals surface area contributed by atoms with Crippen LogP contribution in [0.5, 0.6) is 0 Å². The minimum atomic E-state index is -4.37. The Hall–Kier alpha value is -3.60. The molecule has 2 aromatic heterocycles. The van der Waals surface area contributed by atoms with Crippen LogP contribution in [0.4, 0.5) is 13.2 Å². The van der Waals surface area contributed by atoms with E-state index >= 15 is 0 Å². The number of aromatic nitrogens is 4. The lowest BCUT2D eigenvalue weighted by molar-refractivity contribution is -0.137. The molecule has 0 bridgehead atoms. The van der Waals surface area contributed by atoms with Crippen LogP contribution in [0.25, 0.3) is 22.2 Å². The molecule has 134 valence electrons. The molecule has 0 spiro atoms. The molecule has 0 aliphatic rings. The highest BCUT2D eigenvalue weighted by molar-refractivity contribution is 5.85. The van der Waals surface area contributed by atoms with E-state index < -0.39 is 11.7 Å². The maximum absolute atomic E-state index is 12.9. The topological polar surface area (TPSA) is 70.3 Å². The Bertz CT molecular complexity index is 1160. The number of rotatable bonds is 3. The second-order valence-corrected chi connectivity index (χ2v) is 6.05. The van der Waals surface area contributed by atoms with Crippen molar-refractivity contribution in [3.63, 3.8) is 0 Å². The molecule has 0 unspecified atom stereocenters. The number of H-pyrrole nitrogens is 1. The molecule has 0 radical (unpaired) electrons. The average molecular weight is 367 g/mol. The smallest absolute Gasteiger partial charge is 0.343 e. The van der Waals surface area contributed by atoms with Gasteiger partial charge in [-0.05, 0) is 35.2 Å². The van der Waals surface area contributed by atoms with Gasteiger partial charge in [0.05, 0.1) is 5.56 Å². The van der Waals surface area contributed by atoms with Crippen LogP contribution in [0, 0.1) is 11.3 Å². The predicted octanol–water partition coefficient (Wildman–Crippen LogP) is 4.37. The Morgan fingerprint density at radius 3 is 2.70 bits per heavy atom. The van der Waals surface area contributed by atoms with E-state index in [4.69, 9.17) is 5.26 Å². The molecule has 4 rings (SSSR count). The van der Waals surface area contributed by atoms with Crippen LogP contribution in [-0.4, -0.2) is 20.0 Å². The van der Waals surface area contributed by atoms with Crippen molar-refractivity contribution in [1.29, 1.82) is 5.26 Å². The molecule has 27 heavy (non-hydrogen) atoms. The lowest BCUT2D eigenvalue weighted by Gasteiger charge is -2.10. The van der Waals surface area contributed by atoms with Crippen molar-refractivity contribution in [3.05, 3.63) is 71.5 Å². The number of halogens is 3. The first-order valence-electron chi connectivity index (χ1n) is 8.02. The lowest BCUT2D eigenvalue weighted by Crippen LogP contribution is -2.06. The molecule has 0 saturated carbocycles. The van der Waals surface area contributed by atoms with E-state index in [1.165, 1.54) is 6.07 Å². The molecule has 2 heterocycles. The zero-order chi connectivity index (χ0) is 19.0. The Balaban J connectivity index is 1.73. The summed E-state index contributed by atoms with van der Waals surface area (Å²) in [6.45, 7) is 0.292. The summed E-state index contributed by atoms with van der Waals surface area (Å²) in [4.78, 5) is 0. The van der Waals surface area contributed by atoms with Crippen molar-refractivity contribution < 1.29 is 13.2 Å². The van der Waals surface area contributed by atoms with Crippen molar-refractivity contribution in [2.75, 3.05) is 0 Å². The number of nitrogens with one attached hydrogen (secondary N) is 1. The van der Waals surface area contributed by atoms with Gasteiger partial charge in [0.15, 0.2) is 5.69 Å². The fourth-order valence-corrected chi connectivity index (χ4v) is 3.02. The van der Waals surface area contributed by atoms with Gasteiger partial charge in [0.2, 0.25) is 0 Å². The van der Waals surface area contributed by atoms with Gasteiger partial charge in [0.1, 0.15) is 11.8 Å². The fourth-order valence-electron chi connectivity index (χ4n) is 3.02. The van der Waals surface area contributed by atoms with Gasteiger partial charge in [0, 0.05) is 23.8 Å². The Kier molecular flexibility index (Phi) is 3.92. The minimum absolute atomic E-state index is 0.185. The number of fused-ring (bicyclic) bond motifs is 1. The normalized spacial score (nSPS) is 11.6. The van der Waals surface area contributed by atoms with Crippen LogP contribution >= 0.6 is 0 Å². The summed E-state index contributed by atoms with van der Waals surface area (Å²) in [5.74, 6) is 0. The highest BCUT2D eigenvalue weighted by Crippen LogP contribution is 2.30. The summed E-state index contributed by atoms with van der Waals surface area (Å²) in [5.41, 5.74) is 2.04. The number of nitriles is 1. The first-order valence-corrected chi connectivity index (χ1v) is 8.02. The number of aromatic amines is 1. The quantitative estimate of drug-likeness (QED) is 0.585. The third-order valence-corrected chi connectivity index (χ3v) is 4.31. The van der Waals surface area contributed by atoms with Gasteiger partial charge in [-0.3, -0.25) is 0 Å². The van der Waals surface area contributed by atoms with E-state index in [9.17, 15) is 13.2 Å². The van der Waals surface area contributed by atoms with Gasteiger partial charge < -0.3 is 4.57 Å². The van der Waals surface area contributed by atoms with Crippen LogP contribution in [0.15, 0.2) is 54.7 Å². The molecule has 0 fully saturated rings. The summed E-state index contributed by atoms with van der Waals surface area (Å²) in [6, 6.07) is 14.7. The van der Waals surface area contributed by atoms with E-state index in [1.54, 1.807) is 6.07 Å². The first-order chi connectivity index (χ1) is 13.0. The number of hydrogen-bond donors (Lipinski definition) is 1. The van der Waals surface area contributed by atoms with Gasteiger partial charge in [0.25, 0.3) is 0 Å². The molecule has 0 aliphatic heterocycles. The summed E-state index contributed by atoms with van der Waals surface area (Å²) < 4.78 is 40.7. The standard InChI is InChI=1S/C19H12F3N5/c20-19(21,22)15-3-1-2-12(8-15)11-27-7-6-13-4-5-14(9-17(13)27)18-16(10-23)24-26-25-18/h1-9H,11H2,(H,24,25,26). The van der Waals surface area contributed by atoms with Crippen molar-refractivity contribution >= 4 is 10.9 Å². The van der Waals surface area contributed by atoms with Crippen LogP contribution in [0.1, 0.15) is 16.8 Å². The molecule has 0 saturated heterocycles. The van der Waals surface area contributed by atoms with E-state index in [1.807, 2.05) is 41.1 Å². The van der Waals surface area contributed by atoms with Crippen molar-refractivity contribution in [2.45, 2.75) is 12.7 Å². The molecule has 1 N–H and O–H groups in total. The van der Waals surface area contributed by atoms with Crippen LogP contribution in [-0.2, 0) is 12.7 Å². The van der Waals surface area contributed by atoms with E-state index in [2.05, 4.69) is 15.4 Å².